The maximum absolute atomic E-state index is 13.5. The zero-order valence-corrected chi connectivity index (χ0v) is 39.9. The van der Waals surface area contributed by atoms with Crippen LogP contribution in [0.2, 0.25) is 0 Å². The first-order chi connectivity index (χ1) is 30.6. The van der Waals surface area contributed by atoms with E-state index in [1.165, 1.54) is 44.6 Å². The molecule has 3 heterocycles. The van der Waals surface area contributed by atoms with E-state index in [-0.39, 0.29) is 49.6 Å². The van der Waals surface area contributed by atoms with Crippen LogP contribution in [0.15, 0.2) is 84.6 Å². The first kappa shape index (κ1) is 54.7. The van der Waals surface area contributed by atoms with Crippen molar-refractivity contribution in [3.05, 3.63) is 84.6 Å². The van der Waals surface area contributed by atoms with Gasteiger partial charge in [-0.2, -0.15) is 0 Å². The zero-order chi connectivity index (χ0) is 46.9. The van der Waals surface area contributed by atoms with Crippen LogP contribution in [0.1, 0.15) is 151 Å². The number of carbonyl (C=O) groups is 3. The van der Waals surface area contributed by atoms with E-state index >= 15 is 0 Å². The minimum absolute atomic E-state index is 0.0234. The number of hydrogen-bond donors (Lipinski definition) is 3. The molecule has 0 aromatic heterocycles. The average Bonchev–Trinajstić information content (AvgIpc) is 3.25. The Morgan fingerprint density at radius 3 is 2.38 bits per heavy atom. The molecule has 1 unspecified atom stereocenters. The third-order valence-electron chi connectivity index (χ3n) is 12.5. The topological polar surface area (TPSA) is 158 Å². The molecule has 11 heteroatoms. The van der Waals surface area contributed by atoms with Crippen molar-refractivity contribution in [2.24, 2.45) is 17.3 Å². The lowest BCUT2D eigenvalue weighted by molar-refractivity contribution is -0.204. The number of ether oxygens (including phenoxy) is 5. The number of allylic oxidation sites excluding steroid dienone is 6. The molecule has 2 fully saturated rings. The van der Waals surface area contributed by atoms with E-state index in [1.807, 2.05) is 71.1 Å². The third-order valence-corrected chi connectivity index (χ3v) is 12.5. The van der Waals surface area contributed by atoms with Gasteiger partial charge in [0, 0.05) is 37.7 Å². The van der Waals surface area contributed by atoms with Gasteiger partial charge in [-0.1, -0.05) is 159 Å². The van der Waals surface area contributed by atoms with Gasteiger partial charge in [0.1, 0.15) is 19.3 Å². The summed E-state index contributed by atoms with van der Waals surface area (Å²) in [6.07, 6.45) is 28.8. The molecular formula is C53H82O11. The second-order valence-electron chi connectivity index (χ2n) is 18.8. The van der Waals surface area contributed by atoms with Gasteiger partial charge in [0.2, 0.25) is 0 Å². The van der Waals surface area contributed by atoms with Gasteiger partial charge >= 0.3 is 17.9 Å². The summed E-state index contributed by atoms with van der Waals surface area (Å²) in [6.45, 7) is 15.7. The highest BCUT2D eigenvalue weighted by molar-refractivity contribution is 5.82. The fourth-order valence-electron chi connectivity index (χ4n) is 8.27. The molecule has 3 N–H and O–H groups in total. The number of aliphatic hydroxyl groups is 3. The van der Waals surface area contributed by atoms with E-state index in [0.717, 1.165) is 24.8 Å². The number of esters is 3. The number of rotatable bonds is 22. The van der Waals surface area contributed by atoms with Crippen LogP contribution < -0.4 is 0 Å². The van der Waals surface area contributed by atoms with E-state index in [9.17, 15) is 29.7 Å². The molecule has 0 amide bonds. The Kier molecular flexibility index (Phi) is 25.5. The number of aliphatic hydroxyl groups excluding tert-OH is 3. The summed E-state index contributed by atoms with van der Waals surface area (Å²) in [5, 5.41) is 31.7. The smallest absolute Gasteiger partial charge is 0.335 e. The standard InChI is InChI=1S/C53H82O11/c1-8-9-10-11-12-13-14-15-21-30-50(57)61-37-53(7)48(29-24-23-28-44(54)52(59)60-36-40(5)45(55)32-38(2)3)63-43-27-19-16-18-25-39(4)33-47-41(6)46(56)34-42(62-47)26-20-17-22-31-51(58)64-49(53)35-43/h17-20,22-25,27,31,33,38,41-49,54-56H,5,8-16,21,26,28-30,32,34-37H2,1-4,6-7H3/b20-17+,24-23-,25-18+,27-19+,31-22+,39-33-/t41-,42+,43-,44-,45?,46+,47-,48+,49-,53+/m1/s1. The molecule has 0 saturated carbocycles. The lowest BCUT2D eigenvalue weighted by Gasteiger charge is -2.47. The second-order valence-corrected chi connectivity index (χ2v) is 18.8. The minimum atomic E-state index is -1.43. The number of fused-ring (bicyclic) bond motifs is 4. The Morgan fingerprint density at radius 1 is 0.938 bits per heavy atom. The van der Waals surface area contributed by atoms with Crippen LogP contribution in [0.25, 0.3) is 0 Å². The Bertz CT molecular complexity index is 1610. The largest absolute Gasteiger partial charge is 0.465 e. The second kappa shape index (κ2) is 29.8. The van der Waals surface area contributed by atoms with E-state index in [2.05, 4.69) is 19.6 Å². The van der Waals surface area contributed by atoms with Crippen molar-refractivity contribution in [3.63, 3.8) is 0 Å². The van der Waals surface area contributed by atoms with Crippen LogP contribution in [-0.4, -0.2) is 95.3 Å². The molecule has 0 spiro atoms. The van der Waals surface area contributed by atoms with E-state index in [1.54, 1.807) is 18.2 Å². The fraction of sp³-hybridized carbons (Fsp3) is 0.679. The van der Waals surface area contributed by atoms with Crippen LogP contribution >= 0.6 is 0 Å². The first-order valence-corrected chi connectivity index (χ1v) is 24.2. The van der Waals surface area contributed by atoms with Crippen molar-refractivity contribution in [1.82, 2.24) is 0 Å². The van der Waals surface area contributed by atoms with Crippen LogP contribution in [0.5, 0.6) is 0 Å². The lowest BCUT2D eigenvalue weighted by atomic mass is 9.73. The van der Waals surface area contributed by atoms with Crippen LogP contribution in [0.4, 0.5) is 0 Å². The van der Waals surface area contributed by atoms with Crippen LogP contribution in [0.3, 0.4) is 0 Å². The molecule has 360 valence electrons. The monoisotopic (exact) mass is 895 g/mol. The average molecular weight is 895 g/mol. The van der Waals surface area contributed by atoms with Crippen molar-refractivity contribution < 1.29 is 53.4 Å². The molecule has 64 heavy (non-hydrogen) atoms. The van der Waals surface area contributed by atoms with Gasteiger partial charge in [0.15, 0.2) is 6.10 Å². The first-order valence-electron chi connectivity index (χ1n) is 24.2. The maximum Gasteiger partial charge on any atom is 0.335 e. The lowest BCUT2D eigenvalue weighted by Crippen LogP contribution is -2.55. The SMILES string of the molecule is C=C(COC(=O)[C@H](O)C/C=C\C[C@@H]1O[C@@H]2/C=C/C/C=C/C(C)=C\[C@H]3O[C@@H](C/C=C/C=C/C(=O)O[C@H](C2)[C@@]1(C)COC(=O)CCCCCCCCCCC)C[C@H](O)[C@H]3C)C(O)CC(C)C. The molecule has 3 aliphatic heterocycles. The van der Waals surface area contributed by atoms with Crippen molar-refractivity contribution in [3.8, 4) is 0 Å². The Balaban J connectivity index is 1.79. The molecule has 2 saturated heterocycles. The van der Waals surface area contributed by atoms with Gasteiger partial charge in [-0.15, -0.1) is 0 Å². The molecule has 0 aromatic rings. The van der Waals surface area contributed by atoms with Crippen molar-refractivity contribution in [2.75, 3.05) is 13.2 Å². The Morgan fingerprint density at radius 2 is 1.66 bits per heavy atom. The number of carbonyl (C=O) groups excluding carboxylic acids is 3. The van der Waals surface area contributed by atoms with Crippen LogP contribution in [-0.2, 0) is 38.1 Å². The molecule has 3 rings (SSSR count). The summed E-state index contributed by atoms with van der Waals surface area (Å²) in [6, 6.07) is 0. The summed E-state index contributed by atoms with van der Waals surface area (Å²) in [5.74, 6) is -1.48. The predicted octanol–water partition coefficient (Wildman–Crippen LogP) is 9.85. The summed E-state index contributed by atoms with van der Waals surface area (Å²) in [4.78, 5) is 39.3. The molecule has 11 nitrogen and oxygen atoms in total. The van der Waals surface area contributed by atoms with Crippen molar-refractivity contribution in [2.45, 2.75) is 200 Å². The molecule has 4 bridgehead atoms. The van der Waals surface area contributed by atoms with E-state index in [4.69, 9.17) is 23.7 Å². The van der Waals surface area contributed by atoms with E-state index < -0.39 is 54.0 Å². The van der Waals surface area contributed by atoms with Crippen molar-refractivity contribution >= 4 is 17.9 Å². The highest BCUT2D eigenvalue weighted by Crippen LogP contribution is 2.42. The van der Waals surface area contributed by atoms with E-state index in [0.29, 0.717) is 50.5 Å². The van der Waals surface area contributed by atoms with Gasteiger partial charge in [0.05, 0.1) is 42.0 Å². The number of unbranched alkanes of at least 4 members (excludes halogenated alkanes) is 8. The van der Waals surface area contributed by atoms with Crippen LogP contribution in [0, 0.1) is 17.3 Å². The molecule has 0 radical (unpaired) electrons. The zero-order valence-electron chi connectivity index (χ0n) is 39.9. The molecular weight excluding hydrogens is 813 g/mol. The summed E-state index contributed by atoms with van der Waals surface area (Å²) < 4.78 is 30.5. The van der Waals surface area contributed by atoms with Gasteiger partial charge < -0.3 is 39.0 Å². The highest BCUT2D eigenvalue weighted by atomic mass is 16.6. The summed E-state index contributed by atoms with van der Waals surface area (Å²) in [5.41, 5.74) is 0.448. The van der Waals surface area contributed by atoms with Crippen molar-refractivity contribution in [1.29, 1.82) is 0 Å². The molecule has 0 aromatic carbocycles. The normalized spacial score (nSPS) is 30.6. The third kappa shape index (κ3) is 20.3. The fourth-order valence-corrected chi connectivity index (χ4v) is 8.27. The van der Waals surface area contributed by atoms with Gasteiger partial charge in [0.25, 0.3) is 0 Å². The van der Waals surface area contributed by atoms with Gasteiger partial charge in [-0.25, -0.2) is 9.59 Å². The van der Waals surface area contributed by atoms with Gasteiger partial charge in [-0.05, 0) is 50.5 Å². The number of hydrogen-bond acceptors (Lipinski definition) is 11. The predicted molar refractivity (Wildman–Crippen MR) is 252 cm³/mol. The minimum Gasteiger partial charge on any atom is -0.465 e. The Labute approximate surface area is 384 Å². The van der Waals surface area contributed by atoms with Gasteiger partial charge in [-0.3, -0.25) is 4.79 Å². The highest BCUT2D eigenvalue weighted by Gasteiger charge is 2.50. The molecule has 0 aliphatic carbocycles. The molecule has 10 atom stereocenters. The summed E-state index contributed by atoms with van der Waals surface area (Å²) in [7, 11) is 0. The Hall–Kier alpha value is -3.61. The molecule has 3 aliphatic rings. The quantitative estimate of drug-likeness (QED) is 0.0411. The summed E-state index contributed by atoms with van der Waals surface area (Å²) >= 11 is 0. The maximum atomic E-state index is 13.5.